The second-order valence-corrected chi connectivity index (χ2v) is 5.68. The Balaban J connectivity index is 3.14. The number of aryl methyl sites for hydroxylation is 2. The zero-order valence-electron chi connectivity index (χ0n) is 10.7. The lowest BCUT2D eigenvalue weighted by molar-refractivity contribution is -0.107. The molecule has 0 saturated heterocycles. The molecule has 5 nitrogen and oxygen atoms in total. The molecule has 18 heavy (non-hydrogen) atoms. The fourth-order valence-corrected chi connectivity index (χ4v) is 2.74. The highest BCUT2D eigenvalue weighted by Gasteiger charge is 2.19. The number of rotatable bonds is 6. The molecule has 0 fully saturated rings. The van der Waals surface area contributed by atoms with Crippen molar-refractivity contribution in [3.8, 4) is 5.75 Å². The van der Waals surface area contributed by atoms with E-state index in [1.807, 2.05) is 13.8 Å². The smallest absolute Gasteiger partial charge is 0.244 e. The predicted molar refractivity (Wildman–Crippen MR) is 68.3 cm³/mol. The minimum atomic E-state index is -3.65. The molecular formula is C12H17NO4S. The Hall–Kier alpha value is -1.40. The predicted octanol–water partition coefficient (Wildman–Crippen LogP) is 1.18. The normalized spacial score (nSPS) is 11.3. The van der Waals surface area contributed by atoms with E-state index in [1.54, 1.807) is 12.1 Å². The van der Waals surface area contributed by atoms with E-state index in [1.165, 1.54) is 7.11 Å². The summed E-state index contributed by atoms with van der Waals surface area (Å²) in [4.78, 5) is 10.3. The number of carbonyl (C=O) groups is 1. The third-order valence-corrected chi connectivity index (χ3v) is 4.11. The number of nitrogens with one attached hydrogen (secondary N) is 1. The zero-order chi connectivity index (χ0) is 13.8. The lowest BCUT2D eigenvalue weighted by atomic mass is 10.1. The summed E-state index contributed by atoms with van der Waals surface area (Å²) in [5.41, 5.74) is 1.82. The van der Waals surface area contributed by atoms with Crippen molar-refractivity contribution in [1.82, 2.24) is 4.72 Å². The fraction of sp³-hybridized carbons (Fsp3) is 0.417. The first-order valence-electron chi connectivity index (χ1n) is 5.51. The Morgan fingerprint density at radius 1 is 1.28 bits per heavy atom. The molecule has 0 saturated carbocycles. The van der Waals surface area contributed by atoms with Crippen LogP contribution < -0.4 is 9.46 Å². The van der Waals surface area contributed by atoms with Gasteiger partial charge in [0.1, 0.15) is 16.9 Å². The first-order chi connectivity index (χ1) is 8.42. The Labute approximate surface area is 107 Å². The molecule has 1 N–H and O–H groups in total. The fourth-order valence-electron chi connectivity index (χ4n) is 1.46. The average Bonchev–Trinajstić information content (AvgIpc) is 2.32. The number of hydrogen-bond acceptors (Lipinski definition) is 4. The van der Waals surface area contributed by atoms with Crippen LogP contribution in [0, 0.1) is 13.8 Å². The molecular weight excluding hydrogens is 254 g/mol. The summed E-state index contributed by atoms with van der Waals surface area (Å²) >= 11 is 0. The third-order valence-electron chi connectivity index (χ3n) is 2.62. The molecule has 1 aromatic carbocycles. The van der Waals surface area contributed by atoms with Gasteiger partial charge < -0.3 is 9.53 Å². The molecule has 0 aliphatic carbocycles. The molecule has 1 aromatic rings. The SMILES string of the molecule is COc1cc(C)c(C)cc1S(=O)(=O)NCCC=O. The van der Waals surface area contributed by atoms with Crippen molar-refractivity contribution in [3.05, 3.63) is 23.3 Å². The van der Waals surface area contributed by atoms with E-state index in [0.717, 1.165) is 11.1 Å². The molecule has 0 aliphatic heterocycles. The molecule has 0 unspecified atom stereocenters. The molecule has 0 aliphatic rings. The largest absolute Gasteiger partial charge is 0.495 e. The van der Waals surface area contributed by atoms with Gasteiger partial charge in [-0.05, 0) is 37.1 Å². The maximum atomic E-state index is 12.0. The quantitative estimate of drug-likeness (QED) is 0.623. The molecule has 1 rings (SSSR count). The van der Waals surface area contributed by atoms with Gasteiger partial charge in [0.25, 0.3) is 0 Å². The van der Waals surface area contributed by atoms with Crippen LogP contribution in [-0.2, 0) is 14.8 Å². The molecule has 100 valence electrons. The Morgan fingerprint density at radius 2 is 1.89 bits per heavy atom. The first-order valence-corrected chi connectivity index (χ1v) is 6.99. The summed E-state index contributed by atoms with van der Waals surface area (Å²) < 4.78 is 31.5. The molecule has 0 bridgehead atoms. The van der Waals surface area contributed by atoms with Crippen LogP contribution in [-0.4, -0.2) is 28.4 Å². The van der Waals surface area contributed by atoms with Crippen molar-refractivity contribution < 1.29 is 17.9 Å². The number of hydrogen-bond donors (Lipinski definition) is 1. The number of ether oxygens (including phenoxy) is 1. The second-order valence-electron chi connectivity index (χ2n) is 3.94. The standard InChI is InChI=1S/C12H17NO4S/c1-9-7-11(17-3)12(8-10(9)2)18(15,16)13-5-4-6-14/h6-8,13H,4-5H2,1-3H3. The van der Waals surface area contributed by atoms with Crippen LogP contribution in [0.4, 0.5) is 0 Å². The maximum Gasteiger partial charge on any atom is 0.244 e. The van der Waals surface area contributed by atoms with E-state index in [4.69, 9.17) is 4.74 Å². The monoisotopic (exact) mass is 271 g/mol. The van der Waals surface area contributed by atoms with E-state index >= 15 is 0 Å². The van der Waals surface area contributed by atoms with Gasteiger partial charge in [0.05, 0.1) is 7.11 Å². The highest BCUT2D eigenvalue weighted by atomic mass is 32.2. The average molecular weight is 271 g/mol. The Kier molecular flexibility index (Phi) is 4.86. The Bertz CT molecular complexity index is 537. The van der Waals surface area contributed by atoms with E-state index < -0.39 is 10.0 Å². The van der Waals surface area contributed by atoms with Crippen molar-refractivity contribution in [3.63, 3.8) is 0 Å². The molecule has 0 radical (unpaired) electrons. The minimum Gasteiger partial charge on any atom is -0.495 e. The summed E-state index contributed by atoms with van der Waals surface area (Å²) in [6.45, 7) is 3.80. The molecule has 6 heteroatoms. The molecule has 0 aromatic heterocycles. The number of carbonyl (C=O) groups excluding carboxylic acids is 1. The van der Waals surface area contributed by atoms with E-state index in [9.17, 15) is 13.2 Å². The van der Waals surface area contributed by atoms with Crippen molar-refractivity contribution >= 4 is 16.3 Å². The summed E-state index contributed by atoms with van der Waals surface area (Å²) in [6.07, 6.45) is 0.812. The van der Waals surface area contributed by atoms with Crippen LogP contribution in [0.1, 0.15) is 17.5 Å². The van der Waals surface area contributed by atoms with Crippen LogP contribution in [0.25, 0.3) is 0 Å². The number of benzene rings is 1. The van der Waals surface area contributed by atoms with Gasteiger partial charge in [-0.3, -0.25) is 0 Å². The van der Waals surface area contributed by atoms with Crippen molar-refractivity contribution in [2.45, 2.75) is 25.2 Å². The zero-order valence-corrected chi connectivity index (χ0v) is 11.5. The highest BCUT2D eigenvalue weighted by Crippen LogP contribution is 2.26. The Morgan fingerprint density at radius 3 is 2.44 bits per heavy atom. The second kappa shape index (κ2) is 5.97. The number of methoxy groups -OCH3 is 1. The van der Waals surface area contributed by atoms with E-state index in [2.05, 4.69) is 4.72 Å². The van der Waals surface area contributed by atoms with Crippen LogP contribution >= 0.6 is 0 Å². The minimum absolute atomic E-state index is 0.0852. The van der Waals surface area contributed by atoms with Crippen molar-refractivity contribution in [2.75, 3.05) is 13.7 Å². The maximum absolute atomic E-state index is 12.0. The summed E-state index contributed by atoms with van der Waals surface area (Å²) in [5, 5.41) is 0. The molecule has 0 atom stereocenters. The van der Waals surface area contributed by atoms with Crippen LogP contribution in [0.15, 0.2) is 17.0 Å². The number of sulfonamides is 1. The summed E-state index contributed by atoms with van der Waals surface area (Å²) in [5.74, 6) is 0.303. The lowest BCUT2D eigenvalue weighted by Crippen LogP contribution is -2.25. The van der Waals surface area contributed by atoms with Crippen LogP contribution in [0.5, 0.6) is 5.75 Å². The van der Waals surface area contributed by atoms with Crippen molar-refractivity contribution in [2.24, 2.45) is 0 Å². The summed E-state index contributed by atoms with van der Waals surface area (Å²) in [7, 11) is -2.22. The van der Waals surface area contributed by atoms with E-state index in [-0.39, 0.29) is 17.9 Å². The van der Waals surface area contributed by atoms with Gasteiger partial charge >= 0.3 is 0 Å². The first kappa shape index (κ1) is 14.7. The van der Waals surface area contributed by atoms with Gasteiger partial charge in [-0.25, -0.2) is 13.1 Å². The van der Waals surface area contributed by atoms with E-state index in [0.29, 0.717) is 12.0 Å². The van der Waals surface area contributed by atoms with Crippen LogP contribution in [0.2, 0.25) is 0 Å². The van der Waals surface area contributed by atoms with Gasteiger partial charge in [0.2, 0.25) is 10.0 Å². The number of aldehydes is 1. The molecule has 0 amide bonds. The van der Waals surface area contributed by atoms with Gasteiger partial charge in [-0.2, -0.15) is 0 Å². The topological polar surface area (TPSA) is 72.5 Å². The molecule has 0 spiro atoms. The highest BCUT2D eigenvalue weighted by molar-refractivity contribution is 7.89. The van der Waals surface area contributed by atoms with Crippen molar-refractivity contribution in [1.29, 1.82) is 0 Å². The van der Waals surface area contributed by atoms with Gasteiger partial charge in [0, 0.05) is 13.0 Å². The summed E-state index contributed by atoms with van der Waals surface area (Å²) in [6, 6.07) is 3.25. The molecule has 0 heterocycles. The van der Waals surface area contributed by atoms with Gasteiger partial charge in [-0.15, -0.1) is 0 Å². The third kappa shape index (κ3) is 3.30. The van der Waals surface area contributed by atoms with Gasteiger partial charge in [-0.1, -0.05) is 0 Å². The lowest BCUT2D eigenvalue weighted by Gasteiger charge is -2.12. The van der Waals surface area contributed by atoms with Gasteiger partial charge in [0.15, 0.2) is 0 Å². The van der Waals surface area contributed by atoms with Crippen LogP contribution in [0.3, 0.4) is 0 Å².